The van der Waals surface area contributed by atoms with Crippen LogP contribution in [0.5, 0.6) is 11.5 Å². The van der Waals surface area contributed by atoms with Gasteiger partial charge in [0.25, 0.3) is 0 Å². The van der Waals surface area contributed by atoms with Crippen LogP contribution >= 0.6 is 0 Å². The molecule has 3 aromatic carbocycles. The van der Waals surface area contributed by atoms with Gasteiger partial charge in [0, 0.05) is 0 Å². The lowest BCUT2D eigenvalue weighted by molar-refractivity contribution is -0.166. The summed E-state index contributed by atoms with van der Waals surface area (Å²) in [6, 6.07) is 13.5. The number of benzene rings is 3. The van der Waals surface area contributed by atoms with Gasteiger partial charge < -0.3 is 10.2 Å². The van der Waals surface area contributed by atoms with Gasteiger partial charge >= 0.3 is 6.18 Å². The molecule has 0 fully saturated rings. The molecule has 0 unspecified atom stereocenters. The fourth-order valence-corrected chi connectivity index (χ4v) is 3.11. The zero-order chi connectivity index (χ0) is 18.9. The summed E-state index contributed by atoms with van der Waals surface area (Å²) < 4.78 is 56.9. The molecule has 0 aliphatic rings. The molecule has 0 atom stereocenters. The Balaban J connectivity index is 2.40. The molecule has 134 valence electrons. The van der Waals surface area contributed by atoms with E-state index in [1.165, 1.54) is 48.5 Å². The summed E-state index contributed by atoms with van der Waals surface area (Å²) in [7, 11) is 0. The highest BCUT2D eigenvalue weighted by Gasteiger charge is 2.58. The number of hydrogen-bond acceptors (Lipinski definition) is 2. The van der Waals surface area contributed by atoms with Crippen LogP contribution in [0, 0.1) is 5.82 Å². The predicted octanol–water partition coefficient (Wildman–Crippen LogP) is 5.13. The summed E-state index contributed by atoms with van der Waals surface area (Å²) in [5.74, 6) is -0.995. The Hall–Kier alpha value is -3.02. The number of phenols is 2. The van der Waals surface area contributed by atoms with Crippen molar-refractivity contribution >= 4 is 0 Å². The number of halogens is 4. The Bertz CT molecular complexity index is 772. The van der Waals surface area contributed by atoms with Crippen LogP contribution in [0.25, 0.3) is 0 Å². The molecule has 6 heteroatoms. The third-order valence-electron chi connectivity index (χ3n) is 4.30. The van der Waals surface area contributed by atoms with Crippen molar-refractivity contribution in [3.05, 3.63) is 95.3 Å². The van der Waals surface area contributed by atoms with Crippen LogP contribution in [-0.2, 0) is 5.41 Å². The van der Waals surface area contributed by atoms with Crippen LogP contribution in [-0.4, -0.2) is 16.4 Å². The summed E-state index contributed by atoms with van der Waals surface area (Å²) in [5.41, 5.74) is -3.05. The summed E-state index contributed by atoms with van der Waals surface area (Å²) in [6.45, 7) is 0. The van der Waals surface area contributed by atoms with Gasteiger partial charge in [-0.05, 0) is 53.1 Å². The second-order valence-electron chi connectivity index (χ2n) is 5.85. The normalized spacial score (nSPS) is 12.2. The SMILES string of the molecule is Oc1ccc(C(c2ccc(O)cc2)(c2ccc(F)cc2)C(F)(F)F)cc1. The van der Waals surface area contributed by atoms with E-state index in [2.05, 4.69) is 0 Å². The summed E-state index contributed by atoms with van der Waals surface area (Å²) in [6.07, 6.45) is -4.78. The molecule has 0 aromatic heterocycles. The minimum Gasteiger partial charge on any atom is -0.508 e. The van der Waals surface area contributed by atoms with Gasteiger partial charge in [0.15, 0.2) is 0 Å². The van der Waals surface area contributed by atoms with Gasteiger partial charge in [-0.1, -0.05) is 36.4 Å². The van der Waals surface area contributed by atoms with E-state index in [0.717, 1.165) is 24.3 Å². The molecule has 2 nitrogen and oxygen atoms in total. The maximum absolute atomic E-state index is 14.5. The molecule has 0 saturated carbocycles. The fourth-order valence-electron chi connectivity index (χ4n) is 3.11. The molecule has 0 saturated heterocycles. The van der Waals surface area contributed by atoms with Crippen molar-refractivity contribution in [2.45, 2.75) is 11.6 Å². The van der Waals surface area contributed by atoms with E-state index in [1.54, 1.807) is 0 Å². The van der Waals surface area contributed by atoms with Crippen LogP contribution in [0.1, 0.15) is 16.7 Å². The lowest BCUT2D eigenvalue weighted by atomic mass is 9.68. The number of aromatic hydroxyl groups is 2. The lowest BCUT2D eigenvalue weighted by Gasteiger charge is -2.37. The second kappa shape index (κ2) is 6.37. The van der Waals surface area contributed by atoms with Crippen LogP contribution in [0.15, 0.2) is 72.8 Å². The molecule has 0 bridgehead atoms. The fraction of sp³-hybridized carbons (Fsp3) is 0.100. The van der Waals surface area contributed by atoms with Gasteiger partial charge in [-0.25, -0.2) is 4.39 Å². The lowest BCUT2D eigenvalue weighted by Crippen LogP contribution is -2.44. The van der Waals surface area contributed by atoms with E-state index in [9.17, 15) is 27.8 Å². The average Bonchev–Trinajstić information content (AvgIpc) is 2.59. The van der Waals surface area contributed by atoms with Crippen molar-refractivity contribution in [3.8, 4) is 11.5 Å². The molecule has 0 aliphatic heterocycles. The van der Waals surface area contributed by atoms with Crippen molar-refractivity contribution in [1.29, 1.82) is 0 Å². The first-order chi connectivity index (χ1) is 12.2. The van der Waals surface area contributed by atoms with E-state index in [1.807, 2.05) is 0 Å². The second-order valence-corrected chi connectivity index (χ2v) is 5.85. The maximum atomic E-state index is 14.5. The third kappa shape index (κ3) is 2.87. The molecule has 0 amide bonds. The minimum absolute atomic E-state index is 0.139. The standard InChI is InChI=1S/C20H14F4O2/c21-16-7-1-13(2-8-16)19(20(22,23)24,14-3-9-17(25)10-4-14)15-5-11-18(26)12-6-15/h1-12,25-26H. The average molecular weight is 362 g/mol. The smallest absolute Gasteiger partial charge is 0.406 e. The van der Waals surface area contributed by atoms with E-state index in [0.29, 0.717) is 0 Å². The van der Waals surface area contributed by atoms with Crippen LogP contribution < -0.4 is 0 Å². The number of hydrogen-bond donors (Lipinski definition) is 2. The van der Waals surface area contributed by atoms with E-state index in [-0.39, 0.29) is 28.2 Å². The van der Waals surface area contributed by atoms with Gasteiger partial charge in [0.05, 0.1) is 0 Å². The van der Waals surface area contributed by atoms with Crippen LogP contribution in [0.2, 0.25) is 0 Å². The molecule has 0 aliphatic carbocycles. The van der Waals surface area contributed by atoms with Gasteiger partial charge in [-0.15, -0.1) is 0 Å². The summed E-state index contributed by atoms with van der Waals surface area (Å²) >= 11 is 0. The largest absolute Gasteiger partial charge is 0.508 e. The summed E-state index contributed by atoms with van der Waals surface area (Å²) in [5, 5.41) is 19.0. The monoisotopic (exact) mass is 362 g/mol. The van der Waals surface area contributed by atoms with E-state index >= 15 is 0 Å². The third-order valence-corrected chi connectivity index (χ3v) is 4.30. The van der Waals surface area contributed by atoms with E-state index < -0.39 is 17.4 Å². The first-order valence-corrected chi connectivity index (χ1v) is 7.67. The maximum Gasteiger partial charge on any atom is 0.406 e. The number of phenolic OH excluding ortho intramolecular Hbond substituents is 2. The van der Waals surface area contributed by atoms with Gasteiger partial charge in [0.1, 0.15) is 22.7 Å². The molecule has 0 radical (unpaired) electrons. The highest BCUT2D eigenvalue weighted by molar-refractivity contribution is 5.54. The topological polar surface area (TPSA) is 40.5 Å². The van der Waals surface area contributed by atoms with Crippen molar-refractivity contribution in [2.75, 3.05) is 0 Å². The zero-order valence-electron chi connectivity index (χ0n) is 13.3. The van der Waals surface area contributed by atoms with Crippen molar-refractivity contribution in [1.82, 2.24) is 0 Å². The minimum atomic E-state index is -4.78. The molecule has 3 rings (SSSR count). The van der Waals surface area contributed by atoms with Crippen molar-refractivity contribution in [3.63, 3.8) is 0 Å². The summed E-state index contributed by atoms with van der Waals surface area (Å²) in [4.78, 5) is 0. The van der Waals surface area contributed by atoms with Crippen molar-refractivity contribution in [2.24, 2.45) is 0 Å². The van der Waals surface area contributed by atoms with Crippen LogP contribution in [0.3, 0.4) is 0 Å². The molecule has 3 aromatic rings. The highest BCUT2D eigenvalue weighted by atomic mass is 19.4. The van der Waals surface area contributed by atoms with Gasteiger partial charge in [-0.2, -0.15) is 13.2 Å². The Morgan fingerprint density at radius 1 is 0.538 bits per heavy atom. The molecule has 0 spiro atoms. The Labute approximate surface area is 147 Å². The van der Waals surface area contributed by atoms with Gasteiger partial charge in [0.2, 0.25) is 0 Å². The first kappa shape index (κ1) is 17.8. The quantitative estimate of drug-likeness (QED) is 0.501. The van der Waals surface area contributed by atoms with Crippen LogP contribution in [0.4, 0.5) is 17.6 Å². The molecule has 26 heavy (non-hydrogen) atoms. The first-order valence-electron chi connectivity index (χ1n) is 7.67. The highest BCUT2D eigenvalue weighted by Crippen LogP contribution is 2.51. The molecule has 0 heterocycles. The molecular formula is C20H14F4O2. The van der Waals surface area contributed by atoms with Gasteiger partial charge in [-0.3, -0.25) is 0 Å². The number of rotatable bonds is 3. The zero-order valence-corrected chi connectivity index (χ0v) is 13.3. The van der Waals surface area contributed by atoms with E-state index in [4.69, 9.17) is 0 Å². The Kier molecular flexibility index (Phi) is 4.36. The van der Waals surface area contributed by atoms with Crippen molar-refractivity contribution < 1.29 is 27.8 Å². The number of alkyl halides is 3. The molecule has 2 N–H and O–H groups in total. The predicted molar refractivity (Wildman–Crippen MR) is 88.6 cm³/mol. The Morgan fingerprint density at radius 2 is 0.846 bits per heavy atom. The Morgan fingerprint density at radius 3 is 1.15 bits per heavy atom. The molecular weight excluding hydrogens is 348 g/mol.